The van der Waals surface area contributed by atoms with Gasteiger partial charge in [-0.2, -0.15) is 0 Å². The third-order valence-electron chi connectivity index (χ3n) is 2.52. The Morgan fingerprint density at radius 2 is 2.11 bits per heavy atom. The van der Waals surface area contributed by atoms with Gasteiger partial charge in [-0.1, -0.05) is 13.8 Å². The molecule has 4 heteroatoms. The van der Waals surface area contributed by atoms with Crippen LogP contribution in [-0.4, -0.2) is 18.2 Å². The summed E-state index contributed by atoms with van der Waals surface area (Å²) in [6.07, 6.45) is 1.39. The van der Waals surface area contributed by atoms with Crippen molar-refractivity contribution in [3.05, 3.63) is 35.5 Å². The number of rotatable bonds is 4. The Balaban J connectivity index is 2.97. The largest absolute Gasteiger partial charge is 0.508 e. The second-order valence-electron chi connectivity index (χ2n) is 4.40. The molecule has 1 rings (SSSR count). The van der Waals surface area contributed by atoms with Crippen LogP contribution < -0.4 is 5.32 Å². The summed E-state index contributed by atoms with van der Waals surface area (Å²) >= 11 is 0. The third-order valence-corrected chi connectivity index (χ3v) is 2.52. The number of carbonyl (C=O) groups excluding carboxylic acids is 1. The van der Waals surface area contributed by atoms with Crippen LogP contribution in [0.3, 0.4) is 0 Å². The normalized spacial score (nSPS) is 11.5. The fourth-order valence-corrected chi connectivity index (χ4v) is 1.63. The number of phenols is 1. The van der Waals surface area contributed by atoms with Crippen molar-refractivity contribution in [2.45, 2.75) is 26.7 Å². The summed E-state index contributed by atoms with van der Waals surface area (Å²) in [5.74, 6) is 0.106. The Morgan fingerprint density at radius 1 is 1.44 bits per heavy atom. The highest BCUT2D eigenvalue weighted by Crippen LogP contribution is 2.28. The van der Waals surface area contributed by atoms with Crippen molar-refractivity contribution < 1.29 is 14.6 Å². The molecule has 0 atom stereocenters. The molecular weight excluding hydrogens is 230 g/mol. The summed E-state index contributed by atoms with van der Waals surface area (Å²) in [6.45, 7) is 5.87. The smallest absolute Gasteiger partial charge is 0.332 e. The number of esters is 1. The number of phenolic OH excluding ortho intramolecular Hbond substituents is 1. The van der Waals surface area contributed by atoms with Crippen molar-refractivity contribution >= 4 is 11.7 Å². The summed E-state index contributed by atoms with van der Waals surface area (Å²) in [6, 6.07) is 5.12. The van der Waals surface area contributed by atoms with Gasteiger partial charge in [0.15, 0.2) is 0 Å². The average molecular weight is 249 g/mol. The van der Waals surface area contributed by atoms with Gasteiger partial charge in [0, 0.05) is 17.5 Å². The van der Waals surface area contributed by atoms with E-state index >= 15 is 0 Å². The maximum absolute atomic E-state index is 11.1. The molecule has 0 amide bonds. The number of hydrogen-bond donors (Lipinski definition) is 2. The zero-order chi connectivity index (χ0) is 13.7. The molecule has 0 fully saturated rings. The molecule has 1 aromatic carbocycles. The molecule has 0 unspecified atom stereocenters. The highest BCUT2D eigenvalue weighted by Gasteiger charge is 2.08. The van der Waals surface area contributed by atoms with Gasteiger partial charge < -0.3 is 15.2 Å². The minimum atomic E-state index is -0.398. The van der Waals surface area contributed by atoms with E-state index in [9.17, 15) is 9.90 Å². The first-order valence-electron chi connectivity index (χ1n) is 5.80. The van der Waals surface area contributed by atoms with Crippen LogP contribution in [0.15, 0.2) is 30.0 Å². The monoisotopic (exact) mass is 249 g/mol. The van der Waals surface area contributed by atoms with Crippen LogP contribution in [0.5, 0.6) is 5.75 Å². The van der Waals surface area contributed by atoms with Gasteiger partial charge in [0.05, 0.1) is 7.11 Å². The third kappa shape index (κ3) is 3.80. The van der Waals surface area contributed by atoms with Crippen LogP contribution in [0.25, 0.3) is 0 Å². The standard InChI is InChI=1S/C14H19NO3/c1-9(2)12-8-11(16)5-6-13(12)15-10(3)7-14(17)18-4/h5-9,15-16H,1-4H3/b10-7-. The Kier molecular flexibility index (Phi) is 4.77. The molecule has 0 aliphatic carbocycles. The molecule has 98 valence electrons. The zero-order valence-electron chi connectivity index (χ0n) is 11.2. The SMILES string of the molecule is COC(=O)/C=C(/C)Nc1ccc(O)cc1C(C)C. The van der Waals surface area contributed by atoms with E-state index in [4.69, 9.17) is 0 Å². The summed E-state index contributed by atoms with van der Waals surface area (Å²) in [7, 11) is 1.34. The van der Waals surface area contributed by atoms with E-state index in [1.54, 1.807) is 25.1 Å². The van der Waals surface area contributed by atoms with E-state index in [0.717, 1.165) is 11.3 Å². The number of nitrogens with one attached hydrogen (secondary N) is 1. The molecule has 0 saturated carbocycles. The number of hydrogen-bond acceptors (Lipinski definition) is 4. The molecule has 2 N–H and O–H groups in total. The minimum Gasteiger partial charge on any atom is -0.508 e. The molecule has 0 radical (unpaired) electrons. The quantitative estimate of drug-likeness (QED) is 0.489. The fourth-order valence-electron chi connectivity index (χ4n) is 1.63. The lowest BCUT2D eigenvalue weighted by Crippen LogP contribution is -2.04. The molecule has 0 aliphatic heterocycles. The van der Waals surface area contributed by atoms with Gasteiger partial charge in [0.1, 0.15) is 5.75 Å². The topological polar surface area (TPSA) is 58.6 Å². The Bertz CT molecular complexity index is 464. The van der Waals surface area contributed by atoms with Gasteiger partial charge in [0.25, 0.3) is 0 Å². The summed E-state index contributed by atoms with van der Waals surface area (Å²) < 4.78 is 4.56. The van der Waals surface area contributed by atoms with Crippen LogP contribution in [-0.2, 0) is 9.53 Å². The number of methoxy groups -OCH3 is 1. The van der Waals surface area contributed by atoms with Crippen molar-refractivity contribution in [3.63, 3.8) is 0 Å². The number of allylic oxidation sites excluding steroid dienone is 1. The predicted molar refractivity (Wildman–Crippen MR) is 71.6 cm³/mol. The number of carbonyl (C=O) groups is 1. The van der Waals surface area contributed by atoms with Crippen LogP contribution in [0.1, 0.15) is 32.3 Å². The van der Waals surface area contributed by atoms with Gasteiger partial charge in [-0.15, -0.1) is 0 Å². The second kappa shape index (κ2) is 6.10. The molecule has 4 nitrogen and oxygen atoms in total. The molecular formula is C14H19NO3. The molecule has 18 heavy (non-hydrogen) atoms. The fraction of sp³-hybridized carbons (Fsp3) is 0.357. The molecule has 0 aliphatic rings. The van der Waals surface area contributed by atoms with E-state index in [2.05, 4.69) is 10.1 Å². The maximum Gasteiger partial charge on any atom is 0.332 e. The summed E-state index contributed by atoms with van der Waals surface area (Å²) in [5.41, 5.74) is 2.56. The first-order valence-corrected chi connectivity index (χ1v) is 5.80. The van der Waals surface area contributed by atoms with E-state index in [1.807, 2.05) is 13.8 Å². The van der Waals surface area contributed by atoms with E-state index in [-0.39, 0.29) is 11.7 Å². The molecule has 0 spiro atoms. The van der Waals surface area contributed by atoms with Gasteiger partial charge >= 0.3 is 5.97 Å². The van der Waals surface area contributed by atoms with Crippen molar-refractivity contribution in [3.8, 4) is 5.75 Å². The Labute approximate surface area is 107 Å². The zero-order valence-corrected chi connectivity index (χ0v) is 11.2. The van der Waals surface area contributed by atoms with Crippen LogP contribution in [0.4, 0.5) is 5.69 Å². The first-order chi connectivity index (χ1) is 8.43. The maximum atomic E-state index is 11.1. The molecule has 0 bridgehead atoms. The van der Waals surface area contributed by atoms with Gasteiger partial charge in [-0.3, -0.25) is 0 Å². The average Bonchev–Trinajstić information content (AvgIpc) is 2.30. The highest BCUT2D eigenvalue weighted by atomic mass is 16.5. The lowest BCUT2D eigenvalue weighted by atomic mass is 10.0. The van der Waals surface area contributed by atoms with Crippen molar-refractivity contribution in [2.75, 3.05) is 12.4 Å². The van der Waals surface area contributed by atoms with Gasteiger partial charge in [-0.25, -0.2) is 4.79 Å². The van der Waals surface area contributed by atoms with Gasteiger partial charge in [-0.05, 0) is 36.6 Å². The second-order valence-corrected chi connectivity index (χ2v) is 4.40. The lowest BCUT2D eigenvalue weighted by molar-refractivity contribution is -0.134. The molecule has 0 heterocycles. The number of benzene rings is 1. The van der Waals surface area contributed by atoms with Crippen molar-refractivity contribution in [1.29, 1.82) is 0 Å². The summed E-state index contributed by atoms with van der Waals surface area (Å²) in [4.78, 5) is 11.1. The van der Waals surface area contributed by atoms with Crippen molar-refractivity contribution in [2.24, 2.45) is 0 Å². The van der Waals surface area contributed by atoms with E-state index < -0.39 is 5.97 Å². The summed E-state index contributed by atoms with van der Waals surface area (Å²) in [5, 5.41) is 12.6. The van der Waals surface area contributed by atoms with E-state index in [1.165, 1.54) is 13.2 Å². The predicted octanol–water partition coefficient (Wildman–Crippen LogP) is 3.00. The first kappa shape index (κ1) is 14.1. The molecule has 1 aromatic rings. The van der Waals surface area contributed by atoms with Crippen LogP contribution in [0, 0.1) is 0 Å². The number of ether oxygens (including phenoxy) is 1. The Morgan fingerprint density at radius 3 is 2.67 bits per heavy atom. The minimum absolute atomic E-state index is 0.235. The molecule has 0 saturated heterocycles. The van der Waals surface area contributed by atoms with Crippen molar-refractivity contribution in [1.82, 2.24) is 0 Å². The lowest BCUT2D eigenvalue weighted by Gasteiger charge is -2.15. The number of anilines is 1. The van der Waals surface area contributed by atoms with Gasteiger partial charge in [0.2, 0.25) is 0 Å². The van der Waals surface area contributed by atoms with Crippen LogP contribution in [0.2, 0.25) is 0 Å². The Hall–Kier alpha value is -1.97. The number of aromatic hydroxyl groups is 1. The highest BCUT2D eigenvalue weighted by molar-refractivity contribution is 5.83. The van der Waals surface area contributed by atoms with Crippen LogP contribution >= 0.6 is 0 Å². The molecule has 0 aromatic heterocycles. The van der Waals surface area contributed by atoms with E-state index in [0.29, 0.717) is 5.70 Å².